The number of carbonyl (C=O) groups excluding carboxylic acids is 1. The lowest BCUT2D eigenvalue weighted by Crippen LogP contribution is -2.32. The first-order valence-electron chi connectivity index (χ1n) is 8.93. The molecule has 6 heteroatoms. The summed E-state index contributed by atoms with van der Waals surface area (Å²) in [4.78, 5) is 14.6. The fourth-order valence-corrected chi connectivity index (χ4v) is 5.05. The lowest BCUT2D eigenvalue weighted by molar-refractivity contribution is 0.0792. The van der Waals surface area contributed by atoms with E-state index in [1.807, 2.05) is 18.2 Å². The van der Waals surface area contributed by atoms with Gasteiger partial charge in [-0.15, -0.1) is 0 Å². The summed E-state index contributed by atoms with van der Waals surface area (Å²) >= 11 is 0. The minimum Gasteiger partial charge on any atom is -0.339 e. The van der Waals surface area contributed by atoms with Crippen LogP contribution in [0.4, 0.5) is 5.69 Å². The van der Waals surface area contributed by atoms with Crippen LogP contribution in [0.1, 0.15) is 35.7 Å². The molecule has 0 aromatic heterocycles. The fourth-order valence-electron chi connectivity index (χ4n) is 3.32. The van der Waals surface area contributed by atoms with Crippen molar-refractivity contribution in [3.8, 4) is 0 Å². The van der Waals surface area contributed by atoms with E-state index < -0.39 is 10.0 Å². The van der Waals surface area contributed by atoms with Crippen molar-refractivity contribution in [3.63, 3.8) is 0 Å². The molecular weight excluding hydrogens is 348 g/mol. The third-order valence-electron chi connectivity index (χ3n) is 4.73. The number of aryl methyl sites for hydroxylation is 1. The molecule has 3 rings (SSSR count). The van der Waals surface area contributed by atoms with E-state index in [0.717, 1.165) is 25.9 Å². The second-order valence-electron chi connectivity index (χ2n) is 6.48. The first-order chi connectivity index (χ1) is 12.4. The van der Waals surface area contributed by atoms with Crippen molar-refractivity contribution in [2.75, 3.05) is 23.9 Å². The number of likely N-dealkylation sites (tertiary alicyclic amines) is 1. The summed E-state index contributed by atoms with van der Waals surface area (Å²) in [6, 6.07) is 14.0. The number of hydrogen-bond acceptors (Lipinski definition) is 3. The molecule has 0 saturated carbocycles. The van der Waals surface area contributed by atoms with Gasteiger partial charge in [0.05, 0.1) is 10.6 Å². The Labute approximate surface area is 155 Å². The Hall–Kier alpha value is -2.34. The van der Waals surface area contributed by atoms with Crippen molar-refractivity contribution in [1.29, 1.82) is 0 Å². The summed E-state index contributed by atoms with van der Waals surface area (Å²) < 4.78 is 27.9. The van der Waals surface area contributed by atoms with Crippen LogP contribution < -0.4 is 4.31 Å². The summed E-state index contributed by atoms with van der Waals surface area (Å²) in [7, 11) is -3.75. The largest absolute Gasteiger partial charge is 0.339 e. The third kappa shape index (κ3) is 3.46. The molecule has 1 amide bonds. The zero-order valence-electron chi connectivity index (χ0n) is 15.2. The zero-order valence-corrected chi connectivity index (χ0v) is 16.0. The number of carbonyl (C=O) groups is 1. The van der Waals surface area contributed by atoms with Gasteiger partial charge in [0.25, 0.3) is 15.9 Å². The maximum atomic E-state index is 13.3. The fraction of sp³-hybridized carbons (Fsp3) is 0.350. The van der Waals surface area contributed by atoms with E-state index in [9.17, 15) is 13.2 Å². The highest BCUT2D eigenvalue weighted by Crippen LogP contribution is 2.27. The van der Waals surface area contributed by atoms with Gasteiger partial charge in [-0.1, -0.05) is 24.3 Å². The molecular formula is C20H24N2O3S. The summed E-state index contributed by atoms with van der Waals surface area (Å²) in [6.45, 7) is 5.35. The lowest BCUT2D eigenvalue weighted by Gasteiger charge is -2.24. The van der Waals surface area contributed by atoms with Crippen LogP contribution in [0.3, 0.4) is 0 Å². The molecule has 1 aliphatic heterocycles. The highest BCUT2D eigenvalue weighted by atomic mass is 32.2. The molecule has 2 aromatic rings. The van der Waals surface area contributed by atoms with E-state index in [-0.39, 0.29) is 10.8 Å². The molecule has 1 fully saturated rings. The highest BCUT2D eigenvalue weighted by Gasteiger charge is 2.27. The average molecular weight is 372 g/mol. The molecule has 1 aliphatic rings. The number of nitrogens with zero attached hydrogens (tertiary/aromatic N) is 2. The van der Waals surface area contributed by atoms with Crippen LogP contribution in [0, 0.1) is 6.92 Å². The summed E-state index contributed by atoms with van der Waals surface area (Å²) in [6.07, 6.45) is 2.00. The van der Waals surface area contributed by atoms with Crippen LogP contribution in [0.25, 0.3) is 0 Å². The first-order valence-corrected chi connectivity index (χ1v) is 10.4. The molecule has 26 heavy (non-hydrogen) atoms. The maximum Gasteiger partial charge on any atom is 0.264 e. The van der Waals surface area contributed by atoms with Crippen molar-refractivity contribution < 1.29 is 13.2 Å². The molecule has 138 valence electrons. The lowest BCUT2D eigenvalue weighted by atomic mass is 10.1. The van der Waals surface area contributed by atoms with Gasteiger partial charge in [0, 0.05) is 25.2 Å². The standard InChI is InChI=1S/C20H24N2O3S/c1-3-22(18-9-5-4-6-10-18)26(24,25)19-15-17(12-11-16(19)2)20(23)21-13-7-8-14-21/h4-6,9-12,15H,3,7-8,13-14H2,1-2H3. The minimum atomic E-state index is -3.75. The minimum absolute atomic E-state index is 0.0956. The average Bonchev–Trinajstić information content (AvgIpc) is 3.17. The van der Waals surface area contributed by atoms with E-state index >= 15 is 0 Å². The molecule has 5 nitrogen and oxygen atoms in total. The topological polar surface area (TPSA) is 57.7 Å². The Morgan fingerprint density at radius 2 is 1.73 bits per heavy atom. The van der Waals surface area contributed by atoms with Crippen molar-refractivity contribution in [2.24, 2.45) is 0 Å². The first kappa shape index (κ1) is 18.5. The summed E-state index contributed by atoms with van der Waals surface area (Å²) in [5, 5.41) is 0. The van der Waals surface area contributed by atoms with Gasteiger partial charge in [0.2, 0.25) is 0 Å². The van der Waals surface area contributed by atoms with E-state index in [1.165, 1.54) is 10.4 Å². The van der Waals surface area contributed by atoms with Crippen molar-refractivity contribution in [2.45, 2.75) is 31.6 Å². The normalized spacial score (nSPS) is 14.5. The Kier molecular flexibility index (Phi) is 5.32. The summed E-state index contributed by atoms with van der Waals surface area (Å²) in [5.74, 6) is -0.0956. The van der Waals surface area contributed by atoms with Crippen LogP contribution in [-0.2, 0) is 10.0 Å². The van der Waals surface area contributed by atoms with Gasteiger partial charge in [0.1, 0.15) is 0 Å². The van der Waals surface area contributed by atoms with Gasteiger partial charge in [-0.3, -0.25) is 9.10 Å². The van der Waals surface area contributed by atoms with Crippen LogP contribution in [-0.4, -0.2) is 38.9 Å². The SMILES string of the molecule is CCN(c1ccccc1)S(=O)(=O)c1cc(C(=O)N2CCCC2)ccc1C. The molecule has 0 bridgehead atoms. The number of sulfonamides is 1. The van der Waals surface area contributed by atoms with E-state index in [4.69, 9.17) is 0 Å². The molecule has 0 spiro atoms. The molecule has 0 unspecified atom stereocenters. The second-order valence-corrected chi connectivity index (χ2v) is 8.32. The predicted molar refractivity (Wildman–Crippen MR) is 103 cm³/mol. The quantitative estimate of drug-likeness (QED) is 0.808. The second kappa shape index (κ2) is 7.50. The molecule has 1 heterocycles. The zero-order chi connectivity index (χ0) is 18.7. The van der Waals surface area contributed by atoms with Gasteiger partial charge in [0.15, 0.2) is 0 Å². The van der Waals surface area contributed by atoms with Crippen LogP contribution in [0.2, 0.25) is 0 Å². The Morgan fingerprint density at radius 1 is 1.08 bits per heavy atom. The van der Waals surface area contributed by atoms with Gasteiger partial charge >= 0.3 is 0 Å². The monoisotopic (exact) mass is 372 g/mol. The predicted octanol–water partition coefficient (Wildman–Crippen LogP) is 3.45. The molecule has 1 saturated heterocycles. The molecule has 0 N–H and O–H groups in total. The Balaban J connectivity index is 2.01. The number of para-hydroxylation sites is 1. The van der Waals surface area contributed by atoms with Gasteiger partial charge in [-0.2, -0.15) is 0 Å². The number of amides is 1. The smallest absolute Gasteiger partial charge is 0.264 e. The van der Waals surface area contributed by atoms with Crippen molar-refractivity contribution >= 4 is 21.6 Å². The summed E-state index contributed by atoms with van der Waals surface area (Å²) in [5.41, 5.74) is 1.68. The van der Waals surface area contributed by atoms with Crippen molar-refractivity contribution in [1.82, 2.24) is 4.90 Å². The molecule has 0 atom stereocenters. The number of hydrogen-bond donors (Lipinski definition) is 0. The van der Waals surface area contributed by atoms with Crippen LogP contribution in [0.5, 0.6) is 0 Å². The van der Waals surface area contributed by atoms with Gasteiger partial charge in [-0.25, -0.2) is 8.42 Å². The Bertz CT molecular complexity index is 889. The van der Waals surface area contributed by atoms with E-state index in [0.29, 0.717) is 23.4 Å². The van der Waals surface area contributed by atoms with Crippen molar-refractivity contribution in [3.05, 3.63) is 59.7 Å². The Morgan fingerprint density at radius 3 is 2.35 bits per heavy atom. The molecule has 0 aliphatic carbocycles. The van der Waals surface area contributed by atoms with Gasteiger partial charge < -0.3 is 4.90 Å². The van der Waals surface area contributed by atoms with Crippen LogP contribution >= 0.6 is 0 Å². The highest BCUT2D eigenvalue weighted by molar-refractivity contribution is 7.92. The number of benzene rings is 2. The number of rotatable bonds is 5. The van der Waals surface area contributed by atoms with Gasteiger partial charge in [-0.05, 0) is 56.5 Å². The maximum absolute atomic E-state index is 13.3. The van der Waals surface area contributed by atoms with E-state index in [1.54, 1.807) is 43.0 Å². The number of anilines is 1. The van der Waals surface area contributed by atoms with Crippen LogP contribution in [0.15, 0.2) is 53.4 Å². The van der Waals surface area contributed by atoms with E-state index in [2.05, 4.69) is 0 Å². The third-order valence-corrected chi connectivity index (χ3v) is 6.77. The molecule has 0 radical (unpaired) electrons. The molecule has 2 aromatic carbocycles.